The minimum Gasteiger partial charge on any atom is -0.185 e. The zero-order valence-electron chi connectivity index (χ0n) is 6.75. The first-order valence-electron chi connectivity index (χ1n) is 3.55. The molecule has 0 heterocycles. The predicted octanol–water partition coefficient (Wildman–Crippen LogP) is -0.340. The molecule has 1 aliphatic rings. The molecule has 2 rings (SSSR count). The normalized spacial score (nSPS) is 12.7. The Morgan fingerprint density at radius 1 is 1.18 bits per heavy atom. The first-order valence-corrected chi connectivity index (χ1v) is 3.55. The molecule has 1 aliphatic carbocycles. The first-order chi connectivity index (χ1) is 4.97. The molecular weight excluding hydrogens is 143 g/mol. The maximum absolute atomic E-state index is 2.25. The van der Waals surface area contributed by atoms with Gasteiger partial charge in [-0.05, 0) is 0 Å². The van der Waals surface area contributed by atoms with Crippen molar-refractivity contribution in [2.75, 3.05) is 0 Å². The number of benzene rings is 1. The van der Waals surface area contributed by atoms with E-state index < -0.39 is 0 Å². The summed E-state index contributed by atoms with van der Waals surface area (Å²) in [6, 6.07) is 8.44. The minimum absolute atomic E-state index is 0. The molecule has 0 aliphatic heterocycles. The Morgan fingerprint density at radius 3 is 2.82 bits per heavy atom. The second-order valence-corrected chi connectivity index (χ2v) is 2.47. The number of fused-ring (bicyclic) bond motifs is 1. The van der Waals surface area contributed by atoms with E-state index >= 15 is 0 Å². The standard InChI is InChI=1S/C10H9.Na/c1-2-6-10-8-4-3-7-9(10)5-1;/h1-3,5-8H,4H2;/q-1;+1. The van der Waals surface area contributed by atoms with Crippen LogP contribution in [0.25, 0.3) is 6.08 Å². The van der Waals surface area contributed by atoms with Gasteiger partial charge in [0.15, 0.2) is 0 Å². The van der Waals surface area contributed by atoms with Gasteiger partial charge in [-0.25, -0.2) is 0 Å². The molecule has 0 N–H and O–H groups in total. The summed E-state index contributed by atoms with van der Waals surface area (Å²) in [6.45, 7) is 0. The fraction of sp³-hybridized carbons (Fsp3) is 0.100. The molecule has 0 amide bonds. The van der Waals surface area contributed by atoms with Gasteiger partial charge in [0, 0.05) is 0 Å². The summed E-state index contributed by atoms with van der Waals surface area (Å²) in [4.78, 5) is 0. The molecule has 0 bridgehead atoms. The van der Waals surface area contributed by atoms with Crippen molar-refractivity contribution in [2.24, 2.45) is 0 Å². The molecule has 1 aromatic rings. The quantitative estimate of drug-likeness (QED) is 0.352. The second-order valence-electron chi connectivity index (χ2n) is 2.47. The molecule has 1 heteroatoms. The van der Waals surface area contributed by atoms with E-state index in [1.54, 1.807) is 0 Å². The van der Waals surface area contributed by atoms with Gasteiger partial charge >= 0.3 is 29.6 Å². The van der Waals surface area contributed by atoms with Gasteiger partial charge in [0.2, 0.25) is 0 Å². The van der Waals surface area contributed by atoms with Crippen molar-refractivity contribution in [3.63, 3.8) is 0 Å². The van der Waals surface area contributed by atoms with Gasteiger partial charge in [-0.2, -0.15) is 18.1 Å². The van der Waals surface area contributed by atoms with Gasteiger partial charge in [-0.3, -0.25) is 0 Å². The van der Waals surface area contributed by atoms with E-state index in [9.17, 15) is 0 Å². The summed E-state index contributed by atoms with van der Waals surface area (Å²) in [7, 11) is 0. The molecular formula is C10H9Na. The molecule has 1 aromatic carbocycles. The molecule has 11 heavy (non-hydrogen) atoms. The van der Waals surface area contributed by atoms with E-state index in [1.807, 2.05) is 0 Å². The molecule has 0 unspecified atom stereocenters. The Labute approximate surface area is 89.6 Å². The molecule has 0 aromatic heterocycles. The molecule has 0 atom stereocenters. The first kappa shape index (κ1) is 8.92. The monoisotopic (exact) mass is 152 g/mol. The van der Waals surface area contributed by atoms with E-state index in [-0.39, 0.29) is 29.6 Å². The van der Waals surface area contributed by atoms with Crippen LogP contribution < -0.4 is 29.6 Å². The molecule has 0 saturated heterocycles. The van der Waals surface area contributed by atoms with Crippen LogP contribution in [0.4, 0.5) is 0 Å². The molecule has 0 saturated carbocycles. The van der Waals surface area contributed by atoms with Gasteiger partial charge < -0.3 is 0 Å². The van der Waals surface area contributed by atoms with Crippen LogP contribution in [0.1, 0.15) is 17.5 Å². The second kappa shape index (κ2) is 4.01. The Bertz CT molecular complexity index is 263. The third kappa shape index (κ3) is 1.90. The minimum atomic E-state index is 0. The largest absolute Gasteiger partial charge is 1.00 e. The van der Waals surface area contributed by atoms with E-state index in [0.29, 0.717) is 0 Å². The average Bonchev–Trinajstić information content (AvgIpc) is 2.05. The molecule has 0 nitrogen and oxygen atoms in total. The van der Waals surface area contributed by atoms with Crippen LogP contribution in [0.3, 0.4) is 0 Å². The summed E-state index contributed by atoms with van der Waals surface area (Å²) in [5.41, 5.74) is 2.71. The van der Waals surface area contributed by atoms with Gasteiger partial charge in [0.1, 0.15) is 0 Å². The van der Waals surface area contributed by atoms with Crippen LogP contribution in [-0.2, 0) is 0 Å². The van der Waals surface area contributed by atoms with Crippen LogP contribution in [0.2, 0.25) is 0 Å². The number of allylic oxidation sites excluding steroid dienone is 1. The Morgan fingerprint density at radius 2 is 2.00 bits per heavy atom. The van der Waals surface area contributed by atoms with Crippen molar-refractivity contribution >= 4 is 6.08 Å². The zero-order chi connectivity index (χ0) is 6.81. The van der Waals surface area contributed by atoms with Crippen molar-refractivity contribution in [1.29, 1.82) is 0 Å². The van der Waals surface area contributed by atoms with Crippen molar-refractivity contribution < 1.29 is 29.6 Å². The zero-order valence-corrected chi connectivity index (χ0v) is 8.75. The van der Waals surface area contributed by atoms with Crippen LogP contribution in [0.15, 0.2) is 30.3 Å². The summed E-state index contributed by atoms with van der Waals surface area (Å²) in [6.07, 6.45) is 7.68. The van der Waals surface area contributed by atoms with E-state index in [4.69, 9.17) is 0 Å². The third-order valence-corrected chi connectivity index (χ3v) is 1.77. The number of hydrogen-bond acceptors (Lipinski definition) is 0. The maximum Gasteiger partial charge on any atom is 1.00 e. The fourth-order valence-electron chi connectivity index (χ4n) is 1.24. The molecule has 0 fully saturated rings. The maximum atomic E-state index is 2.25. The van der Waals surface area contributed by atoms with Crippen LogP contribution in [-0.4, -0.2) is 0 Å². The van der Waals surface area contributed by atoms with Gasteiger partial charge in [-0.15, -0.1) is 29.8 Å². The van der Waals surface area contributed by atoms with E-state index in [0.717, 1.165) is 6.42 Å². The average molecular weight is 152 g/mol. The number of rotatable bonds is 0. The van der Waals surface area contributed by atoms with Crippen LogP contribution in [0, 0.1) is 6.42 Å². The number of hydrogen-bond donors (Lipinski definition) is 0. The predicted molar refractivity (Wildman–Crippen MR) is 43.5 cm³/mol. The van der Waals surface area contributed by atoms with Crippen molar-refractivity contribution in [3.05, 3.63) is 47.9 Å². The van der Waals surface area contributed by atoms with E-state index in [2.05, 4.69) is 42.8 Å². The SMILES string of the molecule is C1=Cc2ccccc2[CH-]C1.[Na+]. The van der Waals surface area contributed by atoms with Crippen LogP contribution in [0.5, 0.6) is 0 Å². The molecule has 50 valence electrons. The smallest absolute Gasteiger partial charge is 0.185 e. The molecule has 0 spiro atoms. The Kier molecular flexibility index (Phi) is 3.25. The summed E-state index contributed by atoms with van der Waals surface area (Å²) in [5.74, 6) is 0. The Balaban J connectivity index is 0.000000605. The topological polar surface area (TPSA) is 0 Å². The van der Waals surface area contributed by atoms with Crippen molar-refractivity contribution in [3.8, 4) is 0 Å². The van der Waals surface area contributed by atoms with E-state index in [1.165, 1.54) is 11.1 Å². The van der Waals surface area contributed by atoms with Crippen molar-refractivity contribution in [2.45, 2.75) is 6.42 Å². The molecule has 0 radical (unpaired) electrons. The summed E-state index contributed by atoms with van der Waals surface area (Å²) >= 11 is 0. The summed E-state index contributed by atoms with van der Waals surface area (Å²) in [5, 5.41) is 0. The fourth-order valence-corrected chi connectivity index (χ4v) is 1.24. The Hall–Kier alpha value is -0.170. The van der Waals surface area contributed by atoms with Gasteiger partial charge in [-0.1, -0.05) is 12.5 Å². The third-order valence-electron chi connectivity index (χ3n) is 1.77. The summed E-state index contributed by atoms with van der Waals surface area (Å²) < 4.78 is 0. The van der Waals surface area contributed by atoms with Gasteiger partial charge in [0.25, 0.3) is 0 Å². The van der Waals surface area contributed by atoms with Crippen LogP contribution >= 0.6 is 0 Å². The van der Waals surface area contributed by atoms with Crippen molar-refractivity contribution in [1.82, 2.24) is 0 Å². The van der Waals surface area contributed by atoms with Gasteiger partial charge in [0.05, 0.1) is 0 Å².